The number of anilines is 1. The molecule has 0 saturated heterocycles. The quantitative estimate of drug-likeness (QED) is 0.893. The molecule has 0 fully saturated rings. The first-order valence-corrected chi connectivity index (χ1v) is 7.95. The number of halogens is 1. The van der Waals surface area contributed by atoms with E-state index < -0.39 is 0 Å². The van der Waals surface area contributed by atoms with Crippen molar-refractivity contribution in [1.82, 2.24) is 4.90 Å². The Morgan fingerprint density at radius 3 is 2.90 bits per heavy atom. The minimum Gasteiger partial charge on any atom is -0.397 e. The molecule has 1 amide bonds. The van der Waals surface area contributed by atoms with Gasteiger partial charge in [-0.05, 0) is 25.1 Å². The number of amides is 1. The van der Waals surface area contributed by atoms with Crippen LogP contribution in [0.3, 0.4) is 0 Å². The van der Waals surface area contributed by atoms with Gasteiger partial charge in [-0.25, -0.2) is 0 Å². The molecule has 0 radical (unpaired) electrons. The van der Waals surface area contributed by atoms with Crippen LogP contribution in [0.5, 0.6) is 0 Å². The number of nitrogens with two attached hydrogens (primary N) is 1. The van der Waals surface area contributed by atoms with Crippen LogP contribution in [-0.2, 0) is 4.74 Å². The fourth-order valence-electron chi connectivity index (χ4n) is 2.00. The van der Waals surface area contributed by atoms with Gasteiger partial charge in [0.25, 0.3) is 5.91 Å². The highest BCUT2D eigenvalue weighted by Crippen LogP contribution is 2.35. The third-order valence-electron chi connectivity index (χ3n) is 3.12. The predicted octanol–water partition coefficient (Wildman–Crippen LogP) is 3.35. The van der Waals surface area contributed by atoms with E-state index in [1.165, 1.54) is 11.3 Å². The van der Waals surface area contributed by atoms with Gasteiger partial charge in [0.05, 0.1) is 12.3 Å². The Morgan fingerprint density at radius 2 is 2.25 bits per heavy atom. The average molecular weight is 357 g/mol. The number of carbonyl (C=O) groups is 1. The molecule has 0 atom stereocenters. The van der Waals surface area contributed by atoms with E-state index in [2.05, 4.69) is 15.9 Å². The summed E-state index contributed by atoms with van der Waals surface area (Å²) in [5.74, 6) is -0.0284. The number of likely N-dealkylation sites (N-methyl/N-ethyl adjacent to an activating group) is 1. The van der Waals surface area contributed by atoms with E-state index in [4.69, 9.17) is 10.5 Å². The number of benzene rings is 1. The second-order valence-electron chi connectivity index (χ2n) is 4.36. The van der Waals surface area contributed by atoms with E-state index in [0.29, 0.717) is 30.3 Å². The van der Waals surface area contributed by atoms with E-state index in [1.54, 1.807) is 12.0 Å². The maximum Gasteiger partial charge on any atom is 0.266 e. The number of ether oxygens (including phenoxy) is 1. The maximum absolute atomic E-state index is 12.5. The molecular weight excluding hydrogens is 340 g/mol. The molecule has 2 N–H and O–H groups in total. The number of hydrogen-bond donors (Lipinski definition) is 1. The van der Waals surface area contributed by atoms with Crippen molar-refractivity contribution < 1.29 is 9.53 Å². The van der Waals surface area contributed by atoms with Crippen LogP contribution in [0, 0.1) is 0 Å². The van der Waals surface area contributed by atoms with E-state index in [0.717, 1.165) is 14.6 Å². The van der Waals surface area contributed by atoms with Crippen LogP contribution in [0.15, 0.2) is 22.7 Å². The molecule has 1 heterocycles. The van der Waals surface area contributed by atoms with Gasteiger partial charge in [0.1, 0.15) is 4.88 Å². The van der Waals surface area contributed by atoms with Crippen molar-refractivity contribution in [3.63, 3.8) is 0 Å². The van der Waals surface area contributed by atoms with Crippen LogP contribution < -0.4 is 5.73 Å². The average Bonchev–Trinajstić information content (AvgIpc) is 2.76. The number of thiophene rings is 1. The molecule has 4 nitrogen and oxygen atoms in total. The van der Waals surface area contributed by atoms with Crippen LogP contribution in [-0.4, -0.2) is 37.6 Å². The maximum atomic E-state index is 12.5. The second-order valence-corrected chi connectivity index (χ2v) is 6.33. The van der Waals surface area contributed by atoms with Crippen molar-refractivity contribution in [1.29, 1.82) is 0 Å². The number of hydrogen-bond acceptors (Lipinski definition) is 4. The molecule has 0 aliphatic carbocycles. The zero-order valence-corrected chi connectivity index (χ0v) is 13.9. The van der Waals surface area contributed by atoms with Crippen molar-refractivity contribution in [2.75, 3.05) is 32.5 Å². The molecule has 1 aromatic heterocycles. The summed E-state index contributed by atoms with van der Waals surface area (Å²) in [6.07, 6.45) is 0. The number of fused-ring (bicyclic) bond motifs is 1. The largest absolute Gasteiger partial charge is 0.397 e. The Morgan fingerprint density at radius 1 is 1.50 bits per heavy atom. The molecule has 20 heavy (non-hydrogen) atoms. The van der Waals surface area contributed by atoms with Crippen LogP contribution in [0.25, 0.3) is 10.1 Å². The lowest BCUT2D eigenvalue weighted by Crippen LogP contribution is -2.33. The number of nitrogens with zero attached hydrogens (tertiary/aromatic N) is 1. The zero-order valence-electron chi connectivity index (χ0n) is 11.5. The summed E-state index contributed by atoms with van der Waals surface area (Å²) in [4.78, 5) is 14.9. The van der Waals surface area contributed by atoms with Gasteiger partial charge in [0, 0.05) is 34.8 Å². The summed E-state index contributed by atoms with van der Waals surface area (Å²) >= 11 is 4.87. The first-order chi connectivity index (χ1) is 9.58. The lowest BCUT2D eigenvalue weighted by atomic mass is 10.2. The molecule has 0 unspecified atom stereocenters. The highest BCUT2D eigenvalue weighted by Gasteiger charge is 2.21. The first kappa shape index (κ1) is 15.3. The van der Waals surface area contributed by atoms with Crippen LogP contribution in [0.1, 0.15) is 16.6 Å². The standard InChI is InChI=1S/C14H17BrN2O2S/c1-3-17(6-7-19-2)14(18)13-12(16)10-8-9(15)4-5-11(10)20-13/h4-5,8H,3,6-7,16H2,1-2H3. The van der Waals surface area contributed by atoms with Crippen molar-refractivity contribution in [2.45, 2.75) is 6.92 Å². The fourth-order valence-corrected chi connectivity index (χ4v) is 3.43. The lowest BCUT2D eigenvalue weighted by Gasteiger charge is -2.19. The SMILES string of the molecule is CCN(CCOC)C(=O)c1sc2ccc(Br)cc2c1N. The van der Waals surface area contributed by atoms with Crippen molar-refractivity contribution in [3.05, 3.63) is 27.5 Å². The third-order valence-corrected chi connectivity index (χ3v) is 4.78. The molecule has 0 aliphatic heterocycles. The molecule has 108 valence electrons. The Hall–Kier alpha value is -1.11. The summed E-state index contributed by atoms with van der Waals surface area (Å²) < 4.78 is 7.02. The number of methoxy groups -OCH3 is 1. The van der Waals surface area contributed by atoms with Gasteiger partial charge in [-0.1, -0.05) is 15.9 Å². The highest BCUT2D eigenvalue weighted by molar-refractivity contribution is 9.10. The Kier molecular flexibility index (Phi) is 5.01. The van der Waals surface area contributed by atoms with Crippen LogP contribution in [0.2, 0.25) is 0 Å². The van der Waals surface area contributed by atoms with Gasteiger partial charge in [-0.3, -0.25) is 4.79 Å². The van der Waals surface area contributed by atoms with Gasteiger partial charge >= 0.3 is 0 Å². The Bertz CT molecular complexity index is 627. The molecule has 0 aliphatic rings. The normalized spacial score (nSPS) is 10.9. The topological polar surface area (TPSA) is 55.6 Å². The van der Waals surface area contributed by atoms with Gasteiger partial charge in [0.2, 0.25) is 0 Å². The van der Waals surface area contributed by atoms with E-state index in [-0.39, 0.29) is 5.91 Å². The summed E-state index contributed by atoms with van der Waals surface area (Å²) in [6, 6.07) is 5.88. The fraction of sp³-hybridized carbons (Fsp3) is 0.357. The third kappa shape index (κ3) is 2.97. The van der Waals surface area contributed by atoms with Crippen molar-refractivity contribution in [3.8, 4) is 0 Å². The zero-order chi connectivity index (χ0) is 14.7. The van der Waals surface area contributed by atoms with E-state index >= 15 is 0 Å². The van der Waals surface area contributed by atoms with Crippen LogP contribution >= 0.6 is 27.3 Å². The smallest absolute Gasteiger partial charge is 0.266 e. The minimum absolute atomic E-state index is 0.0284. The summed E-state index contributed by atoms with van der Waals surface area (Å²) in [6.45, 7) is 3.69. The second kappa shape index (κ2) is 6.56. The van der Waals surface area contributed by atoms with Gasteiger partial charge in [-0.2, -0.15) is 0 Å². The van der Waals surface area contributed by atoms with Crippen molar-refractivity contribution >= 4 is 48.9 Å². The number of nitrogen functional groups attached to an aromatic ring is 1. The Labute approximate surface area is 130 Å². The monoisotopic (exact) mass is 356 g/mol. The van der Waals surface area contributed by atoms with Gasteiger partial charge < -0.3 is 15.4 Å². The highest BCUT2D eigenvalue weighted by atomic mass is 79.9. The van der Waals surface area contributed by atoms with E-state index in [1.807, 2.05) is 25.1 Å². The summed E-state index contributed by atoms with van der Waals surface area (Å²) in [7, 11) is 1.63. The molecule has 1 aromatic carbocycles. The predicted molar refractivity (Wildman–Crippen MR) is 87.4 cm³/mol. The number of rotatable bonds is 5. The first-order valence-electron chi connectivity index (χ1n) is 6.34. The van der Waals surface area contributed by atoms with Crippen molar-refractivity contribution in [2.24, 2.45) is 0 Å². The molecule has 0 saturated carbocycles. The Balaban J connectivity index is 2.36. The van der Waals surface area contributed by atoms with Gasteiger partial charge in [0.15, 0.2) is 0 Å². The summed E-state index contributed by atoms with van der Waals surface area (Å²) in [5.41, 5.74) is 6.70. The number of carbonyl (C=O) groups excluding carboxylic acids is 1. The van der Waals surface area contributed by atoms with Gasteiger partial charge in [-0.15, -0.1) is 11.3 Å². The molecular formula is C14H17BrN2O2S. The van der Waals surface area contributed by atoms with Crippen LogP contribution in [0.4, 0.5) is 5.69 Å². The molecule has 0 spiro atoms. The lowest BCUT2D eigenvalue weighted by molar-refractivity contribution is 0.0712. The molecule has 6 heteroatoms. The molecule has 2 rings (SSSR count). The molecule has 2 aromatic rings. The summed E-state index contributed by atoms with van der Waals surface area (Å²) in [5, 5.41) is 0.926. The minimum atomic E-state index is -0.0284. The van der Waals surface area contributed by atoms with E-state index in [9.17, 15) is 4.79 Å². The molecule has 0 bridgehead atoms.